The number of benzene rings is 4. The Bertz CT molecular complexity index is 1340. The van der Waals surface area contributed by atoms with Crippen LogP contribution in [0.2, 0.25) is 0 Å². The van der Waals surface area contributed by atoms with E-state index >= 15 is 0 Å². The third kappa shape index (κ3) is 4.44. The average Bonchev–Trinajstić information content (AvgIpc) is 3.00. The maximum absolute atomic E-state index is 13.6. The van der Waals surface area contributed by atoms with Crippen LogP contribution >= 0.6 is 0 Å². The Balaban J connectivity index is 1.09. The normalized spacial score (nSPS) is 17.2. The number of carbonyl (C=O) groups excluding carboxylic acids is 1. The molecule has 0 saturated carbocycles. The Morgan fingerprint density at radius 1 is 0.579 bits per heavy atom. The molecule has 0 radical (unpaired) electrons. The van der Waals surface area contributed by atoms with Crippen molar-refractivity contribution in [3.8, 4) is 11.5 Å². The highest BCUT2D eigenvalue weighted by Gasteiger charge is 2.33. The molecule has 0 bridgehead atoms. The van der Waals surface area contributed by atoms with E-state index < -0.39 is 0 Å². The first kappa shape index (κ1) is 24.6. The van der Waals surface area contributed by atoms with Gasteiger partial charge in [-0.25, -0.2) is 0 Å². The van der Waals surface area contributed by atoms with Gasteiger partial charge in [0, 0.05) is 70.9 Å². The van der Waals surface area contributed by atoms with Gasteiger partial charge in [0.05, 0.1) is 14.2 Å². The van der Waals surface area contributed by atoms with Crippen molar-refractivity contribution in [2.75, 3.05) is 50.2 Å². The summed E-state index contributed by atoms with van der Waals surface area (Å²) in [5, 5.41) is 4.72. The van der Waals surface area contributed by atoms with Crippen LogP contribution in [0.25, 0.3) is 21.5 Å². The fraction of sp³-hybridized carbons (Fsp3) is 0.364. The lowest BCUT2D eigenvalue weighted by molar-refractivity contribution is -0.128. The molecule has 0 N–H and O–H groups in total. The van der Waals surface area contributed by atoms with Gasteiger partial charge in [-0.3, -0.25) is 4.79 Å². The average molecular weight is 509 g/mol. The molecule has 2 aliphatic rings. The Morgan fingerprint density at radius 2 is 0.947 bits per heavy atom. The van der Waals surface area contributed by atoms with Crippen LogP contribution in [0.3, 0.4) is 0 Å². The van der Waals surface area contributed by atoms with Crippen LogP contribution in [0.15, 0.2) is 72.8 Å². The third-order valence-electron chi connectivity index (χ3n) is 8.64. The first-order valence-corrected chi connectivity index (χ1v) is 13.8. The zero-order valence-corrected chi connectivity index (χ0v) is 22.4. The summed E-state index contributed by atoms with van der Waals surface area (Å²) >= 11 is 0. The highest BCUT2D eigenvalue weighted by atomic mass is 16.5. The van der Waals surface area contributed by atoms with Crippen LogP contribution in [0, 0.1) is 11.8 Å². The lowest BCUT2D eigenvalue weighted by Gasteiger charge is -2.38. The maximum Gasteiger partial charge on any atom is 0.139 e. The number of methoxy groups -OCH3 is 2. The number of ketones is 1. The van der Waals surface area contributed by atoms with Crippen molar-refractivity contribution in [1.29, 1.82) is 0 Å². The SMILES string of the molecule is COc1ccc(N2CCC(C(=O)C3CCN(c4ccc(OC)c5ccccc45)CC3)CC2)c2ccccc12. The molecule has 4 aromatic rings. The van der Waals surface area contributed by atoms with Gasteiger partial charge in [0.15, 0.2) is 0 Å². The fourth-order valence-corrected chi connectivity index (χ4v) is 6.56. The van der Waals surface area contributed by atoms with Crippen LogP contribution in [0.4, 0.5) is 11.4 Å². The van der Waals surface area contributed by atoms with E-state index in [0.717, 1.165) is 74.1 Å². The van der Waals surface area contributed by atoms with E-state index in [1.54, 1.807) is 14.2 Å². The molecular formula is C33H36N2O3. The minimum absolute atomic E-state index is 0.175. The molecule has 2 heterocycles. The highest BCUT2D eigenvalue weighted by Crippen LogP contribution is 2.38. The molecule has 38 heavy (non-hydrogen) atoms. The summed E-state index contributed by atoms with van der Waals surface area (Å²) in [4.78, 5) is 18.5. The van der Waals surface area contributed by atoms with Gasteiger partial charge in [-0.15, -0.1) is 0 Å². The van der Waals surface area contributed by atoms with Gasteiger partial charge < -0.3 is 19.3 Å². The van der Waals surface area contributed by atoms with Crippen LogP contribution in [0.1, 0.15) is 25.7 Å². The molecular weight excluding hydrogens is 472 g/mol. The Labute approximate surface area is 224 Å². The summed E-state index contributed by atoms with van der Waals surface area (Å²) in [6, 6.07) is 25.3. The van der Waals surface area contributed by atoms with Crippen LogP contribution < -0.4 is 19.3 Å². The first-order chi connectivity index (χ1) is 18.7. The van der Waals surface area contributed by atoms with E-state index in [9.17, 15) is 4.79 Å². The molecule has 0 amide bonds. The zero-order chi connectivity index (χ0) is 26.1. The lowest BCUT2D eigenvalue weighted by atomic mass is 9.81. The van der Waals surface area contributed by atoms with Crippen molar-refractivity contribution in [2.24, 2.45) is 11.8 Å². The van der Waals surface area contributed by atoms with Crippen molar-refractivity contribution in [3.05, 3.63) is 72.8 Å². The van der Waals surface area contributed by atoms with Crippen LogP contribution in [0.5, 0.6) is 11.5 Å². The second kappa shape index (κ2) is 10.6. The van der Waals surface area contributed by atoms with E-state index in [1.165, 1.54) is 22.1 Å². The van der Waals surface area contributed by atoms with Crippen molar-refractivity contribution in [1.82, 2.24) is 0 Å². The predicted octanol–water partition coefficient (Wildman–Crippen LogP) is 6.71. The third-order valence-corrected chi connectivity index (χ3v) is 8.64. The highest BCUT2D eigenvalue weighted by molar-refractivity contribution is 5.99. The van der Waals surface area contributed by atoms with Crippen molar-refractivity contribution >= 4 is 38.7 Å². The molecule has 2 fully saturated rings. The Morgan fingerprint density at radius 3 is 1.32 bits per heavy atom. The Hall–Kier alpha value is -3.73. The molecule has 6 rings (SSSR count). The van der Waals surface area contributed by atoms with Gasteiger partial charge in [-0.05, 0) is 49.9 Å². The number of hydrogen-bond donors (Lipinski definition) is 0. The number of fused-ring (bicyclic) bond motifs is 2. The van der Waals surface area contributed by atoms with Crippen molar-refractivity contribution in [2.45, 2.75) is 25.7 Å². The molecule has 0 spiro atoms. The minimum Gasteiger partial charge on any atom is -0.496 e. The molecule has 0 unspecified atom stereocenters. The molecule has 5 heteroatoms. The molecule has 5 nitrogen and oxygen atoms in total. The number of ether oxygens (including phenoxy) is 2. The van der Waals surface area contributed by atoms with E-state index in [2.05, 4.69) is 82.6 Å². The summed E-state index contributed by atoms with van der Waals surface area (Å²) in [7, 11) is 3.45. The van der Waals surface area contributed by atoms with Gasteiger partial charge in [0.1, 0.15) is 17.3 Å². The maximum atomic E-state index is 13.6. The molecule has 196 valence electrons. The molecule has 0 aliphatic carbocycles. The van der Waals surface area contributed by atoms with Crippen molar-refractivity contribution < 1.29 is 14.3 Å². The van der Waals surface area contributed by atoms with E-state index in [4.69, 9.17) is 9.47 Å². The largest absolute Gasteiger partial charge is 0.496 e. The summed E-state index contributed by atoms with van der Waals surface area (Å²) in [6.45, 7) is 3.68. The quantitative estimate of drug-likeness (QED) is 0.289. The van der Waals surface area contributed by atoms with Crippen LogP contribution in [-0.4, -0.2) is 46.2 Å². The zero-order valence-electron chi connectivity index (χ0n) is 22.4. The number of anilines is 2. The number of carbonyl (C=O) groups is 1. The van der Waals surface area contributed by atoms with E-state index in [1.807, 2.05) is 0 Å². The fourth-order valence-electron chi connectivity index (χ4n) is 6.56. The predicted molar refractivity (Wildman–Crippen MR) is 156 cm³/mol. The second-order valence-electron chi connectivity index (χ2n) is 10.6. The standard InChI is InChI=1S/C33H36N2O3/c1-37-31-13-11-29(25-7-3-5-9-27(25)31)34-19-15-23(16-20-34)33(36)24-17-21-35(22-18-24)30-12-14-32(38-2)28-10-6-4-8-26(28)30/h3-14,23-24H,15-22H2,1-2H3. The summed E-state index contributed by atoms with van der Waals surface area (Å²) in [5.41, 5.74) is 2.49. The molecule has 0 atom stereocenters. The van der Waals surface area contributed by atoms with Crippen molar-refractivity contribution in [3.63, 3.8) is 0 Å². The number of hydrogen-bond acceptors (Lipinski definition) is 5. The number of Topliss-reactive ketones (excluding diaryl/α,β-unsaturated/α-hetero) is 1. The lowest BCUT2D eigenvalue weighted by Crippen LogP contribution is -2.42. The van der Waals surface area contributed by atoms with E-state index in [0.29, 0.717) is 5.78 Å². The van der Waals surface area contributed by atoms with Gasteiger partial charge in [-0.1, -0.05) is 48.5 Å². The summed E-state index contributed by atoms with van der Waals surface area (Å²) in [5.74, 6) is 2.65. The molecule has 4 aromatic carbocycles. The summed E-state index contributed by atoms with van der Waals surface area (Å²) < 4.78 is 11.2. The Kier molecular flexibility index (Phi) is 6.84. The van der Waals surface area contributed by atoms with Crippen LogP contribution in [-0.2, 0) is 4.79 Å². The van der Waals surface area contributed by atoms with Gasteiger partial charge in [0.2, 0.25) is 0 Å². The topological polar surface area (TPSA) is 42.0 Å². The first-order valence-electron chi connectivity index (χ1n) is 13.8. The number of rotatable bonds is 6. The smallest absolute Gasteiger partial charge is 0.139 e. The van der Waals surface area contributed by atoms with Gasteiger partial charge in [-0.2, -0.15) is 0 Å². The molecule has 0 aromatic heterocycles. The second-order valence-corrected chi connectivity index (χ2v) is 10.6. The number of nitrogens with zero attached hydrogens (tertiary/aromatic N) is 2. The molecule has 2 saturated heterocycles. The summed E-state index contributed by atoms with van der Waals surface area (Å²) in [6.07, 6.45) is 3.73. The number of piperidine rings is 2. The van der Waals surface area contributed by atoms with Gasteiger partial charge in [0.25, 0.3) is 0 Å². The molecule has 2 aliphatic heterocycles. The minimum atomic E-state index is 0.175. The van der Waals surface area contributed by atoms with Gasteiger partial charge >= 0.3 is 0 Å². The van der Waals surface area contributed by atoms with E-state index in [-0.39, 0.29) is 11.8 Å². The monoisotopic (exact) mass is 508 g/mol.